The Morgan fingerprint density at radius 2 is 2.07 bits per heavy atom. The van der Waals surface area contributed by atoms with Crippen LogP contribution < -0.4 is 10.5 Å². The first-order valence-electron chi connectivity index (χ1n) is 4.68. The first-order valence-corrected chi connectivity index (χ1v) is 4.68. The number of hydrogen-bond donors (Lipinski definition) is 1. The van der Waals surface area contributed by atoms with Gasteiger partial charge in [0.05, 0.1) is 0 Å². The van der Waals surface area contributed by atoms with Gasteiger partial charge in [-0.25, -0.2) is 4.79 Å². The summed E-state index contributed by atoms with van der Waals surface area (Å²) in [5, 5.41) is 0. The number of carbonyl (C=O) groups excluding carboxylic acids is 1. The van der Waals surface area contributed by atoms with Crippen molar-refractivity contribution in [3.05, 3.63) is 42.5 Å². The molecule has 0 spiro atoms. The van der Waals surface area contributed by atoms with Crippen LogP contribution >= 0.6 is 0 Å². The fraction of sp³-hybridized carbons (Fsp3) is 0.250. The Morgan fingerprint density at radius 3 is 2.60 bits per heavy atom. The lowest BCUT2D eigenvalue weighted by Gasteiger charge is -2.21. The second-order valence-corrected chi connectivity index (χ2v) is 3.84. The van der Waals surface area contributed by atoms with Gasteiger partial charge >= 0.3 is 5.97 Å². The molecule has 0 aliphatic heterocycles. The Bertz CT molecular complexity index is 377. The zero-order valence-corrected chi connectivity index (χ0v) is 8.99. The number of hydrogen-bond acceptors (Lipinski definition) is 3. The van der Waals surface area contributed by atoms with Gasteiger partial charge in [0, 0.05) is 17.2 Å². The molecular formula is C12H15NO2. The van der Waals surface area contributed by atoms with Crippen molar-refractivity contribution >= 4 is 5.97 Å². The quantitative estimate of drug-likeness (QED) is 0.466. The zero-order chi connectivity index (χ0) is 11.5. The molecule has 0 heterocycles. The fourth-order valence-electron chi connectivity index (χ4n) is 1.24. The SMILES string of the molecule is C=CC(=O)Oc1ccccc1C(C)(C)N. The average molecular weight is 205 g/mol. The van der Waals surface area contributed by atoms with Crippen molar-refractivity contribution in [3.8, 4) is 5.75 Å². The molecule has 3 nitrogen and oxygen atoms in total. The van der Waals surface area contributed by atoms with Gasteiger partial charge in [0.15, 0.2) is 0 Å². The predicted octanol–water partition coefficient (Wildman–Crippen LogP) is 1.97. The molecule has 0 atom stereocenters. The van der Waals surface area contributed by atoms with Crippen LogP contribution in [-0.2, 0) is 10.3 Å². The number of benzene rings is 1. The third-order valence-corrected chi connectivity index (χ3v) is 1.96. The first kappa shape index (κ1) is 11.5. The second-order valence-electron chi connectivity index (χ2n) is 3.84. The Hall–Kier alpha value is -1.61. The van der Waals surface area contributed by atoms with E-state index in [4.69, 9.17) is 10.5 Å². The molecule has 1 aromatic rings. The highest BCUT2D eigenvalue weighted by atomic mass is 16.5. The highest BCUT2D eigenvalue weighted by Crippen LogP contribution is 2.27. The summed E-state index contributed by atoms with van der Waals surface area (Å²) in [5.41, 5.74) is 6.21. The van der Waals surface area contributed by atoms with Gasteiger partial charge < -0.3 is 10.5 Å². The van der Waals surface area contributed by atoms with Gasteiger partial charge in [-0.1, -0.05) is 24.8 Å². The van der Waals surface area contributed by atoms with Crippen molar-refractivity contribution in [2.24, 2.45) is 5.73 Å². The van der Waals surface area contributed by atoms with Crippen LogP contribution in [0.25, 0.3) is 0 Å². The van der Waals surface area contributed by atoms with Gasteiger partial charge in [-0.3, -0.25) is 0 Å². The van der Waals surface area contributed by atoms with Crippen LogP contribution in [0.15, 0.2) is 36.9 Å². The molecule has 0 amide bonds. The summed E-state index contributed by atoms with van der Waals surface area (Å²) in [4.78, 5) is 11.1. The van der Waals surface area contributed by atoms with Gasteiger partial charge in [0.1, 0.15) is 5.75 Å². The molecule has 15 heavy (non-hydrogen) atoms. The van der Waals surface area contributed by atoms with Gasteiger partial charge in [0.2, 0.25) is 0 Å². The van der Waals surface area contributed by atoms with Crippen molar-refractivity contribution in [2.45, 2.75) is 19.4 Å². The average Bonchev–Trinajstić information content (AvgIpc) is 2.17. The standard InChI is InChI=1S/C12H15NO2/c1-4-11(14)15-10-8-6-5-7-9(10)12(2,3)13/h4-8H,1,13H2,2-3H3. The minimum atomic E-state index is -0.544. The van der Waals surface area contributed by atoms with Crippen molar-refractivity contribution in [1.82, 2.24) is 0 Å². The van der Waals surface area contributed by atoms with Crippen molar-refractivity contribution in [2.75, 3.05) is 0 Å². The van der Waals surface area contributed by atoms with E-state index in [1.165, 1.54) is 0 Å². The largest absolute Gasteiger partial charge is 0.423 e. The fourth-order valence-corrected chi connectivity index (χ4v) is 1.24. The Labute approximate surface area is 89.5 Å². The van der Waals surface area contributed by atoms with Crippen molar-refractivity contribution < 1.29 is 9.53 Å². The lowest BCUT2D eigenvalue weighted by Crippen LogP contribution is -2.29. The molecule has 0 saturated carbocycles. The number of para-hydroxylation sites is 1. The van der Waals surface area contributed by atoms with E-state index in [0.29, 0.717) is 5.75 Å². The Kier molecular flexibility index (Phi) is 3.27. The van der Waals surface area contributed by atoms with Gasteiger partial charge in [0.25, 0.3) is 0 Å². The number of esters is 1. The van der Waals surface area contributed by atoms with E-state index in [1.807, 2.05) is 26.0 Å². The number of carbonyl (C=O) groups is 1. The van der Waals surface area contributed by atoms with E-state index < -0.39 is 11.5 Å². The number of nitrogens with two attached hydrogens (primary N) is 1. The van der Waals surface area contributed by atoms with Gasteiger partial charge in [-0.15, -0.1) is 0 Å². The van der Waals surface area contributed by atoms with Crippen molar-refractivity contribution in [3.63, 3.8) is 0 Å². The maximum absolute atomic E-state index is 11.1. The lowest BCUT2D eigenvalue weighted by atomic mass is 9.95. The molecule has 0 unspecified atom stereocenters. The monoisotopic (exact) mass is 205 g/mol. The van der Waals surface area contributed by atoms with Crippen LogP contribution in [0.3, 0.4) is 0 Å². The summed E-state index contributed by atoms with van der Waals surface area (Å²) in [6.45, 7) is 7.05. The van der Waals surface area contributed by atoms with Crippen LogP contribution in [0.1, 0.15) is 19.4 Å². The van der Waals surface area contributed by atoms with Crippen LogP contribution in [0.4, 0.5) is 0 Å². The topological polar surface area (TPSA) is 52.3 Å². The van der Waals surface area contributed by atoms with Gasteiger partial charge in [-0.05, 0) is 19.9 Å². The maximum atomic E-state index is 11.1. The van der Waals surface area contributed by atoms with E-state index in [-0.39, 0.29) is 0 Å². The Balaban J connectivity index is 3.07. The molecule has 1 aromatic carbocycles. The summed E-state index contributed by atoms with van der Waals surface area (Å²) in [7, 11) is 0. The molecular weight excluding hydrogens is 190 g/mol. The van der Waals surface area contributed by atoms with Crippen LogP contribution in [0.5, 0.6) is 5.75 Å². The summed E-state index contributed by atoms with van der Waals surface area (Å²) in [6, 6.07) is 7.20. The van der Waals surface area contributed by atoms with Crippen LogP contribution in [0, 0.1) is 0 Å². The van der Waals surface area contributed by atoms with Crippen LogP contribution in [-0.4, -0.2) is 5.97 Å². The minimum absolute atomic E-state index is 0.480. The number of rotatable bonds is 3. The molecule has 80 valence electrons. The Morgan fingerprint density at radius 1 is 1.47 bits per heavy atom. The second kappa shape index (κ2) is 4.28. The van der Waals surface area contributed by atoms with E-state index in [9.17, 15) is 4.79 Å². The van der Waals surface area contributed by atoms with Gasteiger partial charge in [-0.2, -0.15) is 0 Å². The maximum Gasteiger partial charge on any atom is 0.335 e. The van der Waals surface area contributed by atoms with E-state index in [2.05, 4.69) is 6.58 Å². The molecule has 0 fully saturated rings. The molecule has 3 heteroatoms. The molecule has 0 radical (unpaired) electrons. The molecule has 2 N–H and O–H groups in total. The third-order valence-electron chi connectivity index (χ3n) is 1.96. The number of ether oxygens (including phenoxy) is 1. The lowest BCUT2D eigenvalue weighted by molar-refractivity contribution is -0.129. The highest BCUT2D eigenvalue weighted by Gasteiger charge is 2.19. The molecule has 0 aliphatic carbocycles. The molecule has 0 aromatic heterocycles. The summed E-state index contributed by atoms with van der Waals surface area (Å²) in [5.74, 6) is 0.00148. The first-order chi connectivity index (χ1) is 6.95. The molecule has 0 bridgehead atoms. The smallest absolute Gasteiger partial charge is 0.335 e. The molecule has 0 aliphatic rings. The minimum Gasteiger partial charge on any atom is -0.423 e. The predicted molar refractivity (Wildman–Crippen MR) is 59.5 cm³/mol. The summed E-state index contributed by atoms with van der Waals surface area (Å²) >= 11 is 0. The molecule has 0 saturated heterocycles. The van der Waals surface area contributed by atoms with Crippen molar-refractivity contribution in [1.29, 1.82) is 0 Å². The van der Waals surface area contributed by atoms with E-state index in [1.54, 1.807) is 12.1 Å². The van der Waals surface area contributed by atoms with E-state index >= 15 is 0 Å². The molecule has 1 rings (SSSR count). The van der Waals surface area contributed by atoms with E-state index in [0.717, 1.165) is 11.6 Å². The summed E-state index contributed by atoms with van der Waals surface area (Å²) in [6.07, 6.45) is 1.13. The third kappa shape index (κ3) is 2.92. The zero-order valence-electron chi connectivity index (χ0n) is 8.99. The summed E-state index contributed by atoms with van der Waals surface area (Å²) < 4.78 is 5.08. The highest BCUT2D eigenvalue weighted by molar-refractivity contribution is 5.83. The normalized spacial score (nSPS) is 10.9. The van der Waals surface area contributed by atoms with Crippen LogP contribution in [0.2, 0.25) is 0 Å².